The molecule has 1 heterocycles. The maximum atomic E-state index is 5.37. The second kappa shape index (κ2) is 7.48. The second-order valence-electron chi connectivity index (χ2n) is 6.24. The standard InChI is InChI=1S/C19H26N2O/c1-22-18-11-5-7-15(13-18)19(14-17-10-6-12-20-17)21-16-8-3-2-4-9-16/h5,7,11,13-14,16,20H,2-4,6,8-10,12H2,1H3/b17-14+,21-19-. The van der Waals surface area contributed by atoms with E-state index in [4.69, 9.17) is 9.73 Å². The van der Waals surface area contributed by atoms with Crippen molar-refractivity contribution in [2.24, 2.45) is 4.99 Å². The van der Waals surface area contributed by atoms with Crippen LogP contribution in [0.25, 0.3) is 0 Å². The van der Waals surface area contributed by atoms with Crippen molar-refractivity contribution < 1.29 is 4.74 Å². The minimum atomic E-state index is 0.480. The predicted molar refractivity (Wildman–Crippen MR) is 91.7 cm³/mol. The number of benzene rings is 1. The van der Waals surface area contributed by atoms with E-state index in [-0.39, 0.29) is 0 Å². The van der Waals surface area contributed by atoms with Crippen molar-refractivity contribution >= 4 is 5.71 Å². The van der Waals surface area contributed by atoms with Gasteiger partial charge in [-0.3, -0.25) is 4.99 Å². The van der Waals surface area contributed by atoms with Crippen LogP contribution < -0.4 is 10.1 Å². The molecule has 1 saturated carbocycles. The molecule has 0 atom stereocenters. The van der Waals surface area contributed by atoms with Crippen LogP contribution in [-0.2, 0) is 0 Å². The lowest BCUT2D eigenvalue weighted by Gasteiger charge is -2.19. The molecule has 0 unspecified atom stereocenters. The largest absolute Gasteiger partial charge is 0.497 e. The molecule has 1 aromatic rings. The SMILES string of the molecule is COc1cccc(C(/C=C2\CCCN2)=N\C2CCCCC2)c1. The summed E-state index contributed by atoms with van der Waals surface area (Å²) in [4.78, 5) is 5.09. The van der Waals surface area contributed by atoms with E-state index in [2.05, 4.69) is 23.5 Å². The summed E-state index contributed by atoms with van der Waals surface area (Å²) in [5.41, 5.74) is 3.58. The van der Waals surface area contributed by atoms with Crippen molar-refractivity contribution in [3.8, 4) is 5.75 Å². The zero-order chi connectivity index (χ0) is 15.2. The first-order valence-corrected chi connectivity index (χ1v) is 8.52. The summed E-state index contributed by atoms with van der Waals surface area (Å²) < 4.78 is 5.37. The van der Waals surface area contributed by atoms with Crippen LogP contribution in [0, 0.1) is 0 Å². The Morgan fingerprint density at radius 1 is 1.23 bits per heavy atom. The van der Waals surface area contributed by atoms with Gasteiger partial charge < -0.3 is 10.1 Å². The summed E-state index contributed by atoms with van der Waals surface area (Å²) in [5.74, 6) is 0.895. The monoisotopic (exact) mass is 298 g/mol. The van der Waals surface area contributed by atoms with Gasteiger partial charge in [0.2, 0.25) is 0 Å². The van der Waals surface area contributed by atoms with Gasteiger partial charge in [0.15, 0.2) is 0 Å². The number of rotatable bonds is 4. The molecule has 3 rings (SSSR count). The lowest BCUT2D eigenvalue weighted by molar-refractivity contribution is 0.414. The van der Waals surface area contributed by atoms with Crippen LogP contribution in [0.5, 0.6) is 5.75 Å². The van der Waals surface area contributed by atoms with E-state index in [1.165, 1.54) is 44.2 Å². The Morgan fingerprint density at radius 3 is 2.82 bits per heavy atom. The molecule has 118 valence electrons. The van der Waals surface area contributed by atoms with Crippen LogP contribution in [0.15, 0.2) is 41.0 Å². The third-order valence-corrected chi connectivity index (χ3v) is 4.55. The molecule has 1 saturated heterocycles. The fourth-order valence-electron chi connectivity index (χ4n) is 3.29. The van der Waals surface area contributed by atoms with Crippen molar-refractivity contribution in [1.29, 1.82) is 0 Å². The molecule has 2 aliphatic rings. The molecule has 3 nitrogen and oxygen atoms in total. The summed E-state index contributed by atoms with van der Waals surface area (Å²) >= 11 is 0. The number of methoxy groups -OCH3 is 1. The highest BCUT2D eigenvalue weighted by Gasteiger charge is 2.15. The normalized spacial score (nSPS) is 21.9. The van der Waals surface area contributed by atoms with Gasteiger partial charge in [-0.1, -0.05) is 31.4 Å². The first-order chi connectivity index (χ1) is 10.8. The minimum Gasteiger partial charge on any atom is -0.497 e. The highest BCUT2D eigenvalue weighted by Crippen LogP contribution is 2.23. The summed E-state index contributed by atoms with van der Waals surface area (Å²) in [6.07, 6.45) is 11.0. The quantitative estimate of drug-likeness (QED) is 0.850. The van der Waals surface area contributed by atoms with Crippen molar-refractivity contribution in [3.63, 3.8) is 0 Å². The predicted octanol–water partition coefficient (Wildman–Crippen LogP) is 4.08. The Balaban J connectivity index is 1.90. The lowest BCUT2D eigenvalue weighted by Crippen LogP contribution is -2.14. The molecule has 1 aliphatic carbocycles. The summed E-state index contributed by atoms with van der Waals surface area (Å²) in [5, 5.41) is 3.47. The van der Waals surface area contributed by atoms with E-state index >= 15 is 0 Å². The molecule has 1 aliphatic heterocycles. The third-order valence-electron chi connectivity index (χ3n) is 4.55. The van der Waals surface area contributed by atoms with Gasteiger partial charge in [-0.25, -0.2) is 0 Å². The van der Waals surface area contributed by atoms with E-state index in [1.807, 2.05) is 12.1 Å². The molecule has 0 spiro atoms. The van der Waals surface area contributed by atoms with Crippen LogP contribution in [0.2, 0.25) is 0 Å². The van der Waals surface area contributed by atoms with E-state index in [9.17, 15) is 0 Å². The Labute approximate surface area is 133 Å². The number of nitrogens with one attached hydrogen (secondary N) is 1. The van der Waals surface area contributed by atoms with Gasteiger partial charge in [0.25, 0.3) is 0 Å². The molecular weight excluding hydrogens is 272 g/mol. The number of hydrogen-bond donors (Lipinski definition) is 1. The van der Waals surface area contributed by atoms with Gasteiger partial charge in [-0.2, -0.15) is 0 Å². The Morgan fingerprint density at radius 2 is 2.09 bits per heavy atom. The first kappa shape index (κ1) is 15.1. The summed E-state index contributed by atoms with van der Waals surface area (Å²) in [6.45, 7) is 1.08. The number of aliphatic imine (C=N–C) groups is 1. The van der Waals surface area contributed by atoms with Gasteiger partial charge >= 0.3 is 0 Å². The lowest BCUT2D eigenvalue weighted by atomic mass is 9.95. The molecule has 2 fully saturated rings. The highest BCUT2D eigenvalue weighted by atomic mass is 16.5. The van der Waals surface area contributed by atoms with E-state index in [1.54, 1.807) is 7.11 Å². The average molecular weight is 298 g/mol. The smallest absolute Gasteiger partial charge is 0.119 e. The van der Waals surface area contributed by atoms with Crippen LogP contribution >= 0.6 is 0 Å². The van der Waals surface area contributed by atoms with Crippen LogP contribution in [0.3, 0.4) is 0 Å². The number of allylic oxidation sites excluding steroid dienone is 2. The van der Waals surface area contributed by atoms with Crippen molar-refractivity contribution in [3.05, 3.63) is 41.6 Å². The zero-order valence-corrected chi connectivity index (χ0v) is 13.5. The van der Waals surface area contributed by atoms with Gasteiger partial charge in [-0.05, 0) is 43.9 Å². The molecule has 22 heavy (non-hydrogen) atoms. The van der Waals surface area contributed by atoms with E-state index in [0.29, 0.717) is 6.04 Å². The maximum absolute atomic E-state index is 5.37. The fourth-order valence-corrected chi connectivity index (χ4v) is 3.29. The molecule has 1 aromatic carbocycles. The fraction of sp³-hybridized carbons (Fsp3) is 0.526. The number of hydrogen-bond acceptors (Lipinski definition) is 3. The highest BCUT2D eigenvalue weighted by molar-refractivity contribution is 6.09. The Kier molecular flexibility index (Phi) is 5.15. The maximum Gasteiger partial charge on any atom is 0.119 e. The summed E-state index contributed by atoms with van der Waals surface area (Å²) in [7, 11) is 1.72. The van der Waals surface area contributed by atoms with Crippen molar-refractivity contribution in [2.45, 2.75) is 51.0 Å². The molecule has 0 radical (unpaired) electrons. The summed E-state index contributed by atoms with van der Waals surface area (Å²) in [6, 6.07) is 8.74. The zero-order valence-electron chi connectivity index (χ0n) is 13.5. The first-order valence-electron chi connectivity index (χ1n) is 8.52. The van der Waals surface area contributed by atoms with Gasteiger partial charge in [-0.15, -0.1) is 0 Å². The molecule has 1 N–H and O–H groups in total. The molecular formula is C19H26N2O. The second-order valence-corrected chi connectivity index (χ2v) is 6.24. The van der Waals surface area contributed by atoms with Crippen LogP contribution in [0.1, 0.15) is 50.5 Å². The van der Waals surface area contributed by atoms with Crippen LogP contribution in [-0.4, -0.2) is 25.4 Å². The Hall–Kier alpha value is -1.77. The molecule has 0 aromatic heterocycles. The van der Waals surface area contributed by atoms with Crippen molar-refractivity contribution in [1.82, 2.24) is 5.32 Å². The minimum absolute atomic E-state index is 0.480. The molecule has 0 bridgehead atoms. The Bertz CT molecular complexity index is 548. The van der Waals surface area contributed by atoms with Crippen LogP contribution in [0.4, 0.5) is 0 Å². The molecule has 3 heteroatoms. The third kappa shape index (κ3) is 3.90. The molecule has 0 amide bonds. The number of nitrogens with zero attached hydrogens (tertiary/aromatic N) is 1. The van der Waals surface area contributed by atoms with E-state index < -0.39 is 0 Å². The van der Waals surface area contributed by atoms with Gasteiger partial charge in [0, 0.05) is 17.8 Å². The number of ether oxygens (including phenoxy) is 1. The van der Waals surface area contributed by atoms with E-state index in [0.717, 1.165) is 30.0 Å². The van der Waals surface area contributed by atoms with Gasteiger partial charge in [0.1, 0.15) is 5.75 Å². The average Bonchev–Trinajstić information content (AvgIpc) is 3.08. The van der Waals surface area contributed by atoms with Gasteiger partial charge in [0.05, 0.1) is 18.9 Å². The topological polar surface area (TPSA) is 33.6 Å². The van der Waals surface area contributed by atoms with Crippen molar-refractivity contribution in [2.75, 3.05) is 13.7 Å².